The summed E-state index contributed by atoms with van der Waals surface area (Å²) >= 11 is 0. The molecule has 10 heteroatoms. The van der Waals surface area contributed by atoms with Crippen LogP contribution in [0.25, 0.3) is 16.7 Å². The monoisotopic (exact) mass is 416 g/mol. The van der Waals surface area contributed by atoms with E-state index in [4.69, 9.17) is 5.73 Å². The van der Waals surface area contributed by atoms with Crippen LogP contribution in [0.2, 0.25) is 0 Å². The average Bonchev–Trinajstić information content (AvgIpc) is 3.10. The Kier molecular flexibility index (Phi) is 3.91. The van der Waals surface area contributed by atoms with Crippen LogP contribution in [-0.4, -0.2) is 39.8 Å². The average molecular weight is 416 g/mol. The van der Waals surface area contributed by atoms with Gasteiger partial charge in [0.15, 0.2) is 17.3 Å². The van der Waals surface area contributed by atoms with Crippen molar-refractivity contribution in [3.63, 3.8) is 0 Å². The second kappa shape index (κ2) is 6.30. The van der Waals surface area contributed by atoms with Crippen LogP contribution in [0.4, 0.5) is 19.0 Å². The molecule has 1 saturated carbocycles. The van der Waals surface area contributed by atoms with E-state index in [9.17, 15) is 27.9 Å². The van der Waals surface area contributed by atoms with Crippen LogP contribution in [0.15, 0.2) is 35.3 Å². The summed E-state index contributed by atoms with van der Waals surface area (Å²) in [5.74, 6) is -3.70. The molecule has 3 heterocycles. The SMILES string of the molecule is NC1[C@@H]2CN(c3nc4c(cc3F)c(=O)c(C(=O)O)cn4-c3ccc(F)cc3F)C[C@@H]12. The second-order valence-corrected chi connectivity index (χ2v) is 7.62. The summed E-state index contributed by atoms with van der Waals surface area (Å²) in [6, 6.07) is 3.69. The highest BCUT2D eigenvalue weighted by atomic mass is 19.1. The first-order valence-corrected chi connectivity index (χ1v) is 9.21. The first-order valence-electron chi connectivity index (χ1n) is 9.21. The third-order valence-electron chi connectivity index (χ3n) is 5.87. The summed E-state index contributed by atoms with van der Waals surface area (Å²) in [6.45, 7) is 1.01. The number of benzene rings is 1. The molecule has 0 radical (unpaired) electrons. The van der Waals surface area contributed by atoms with E-state index in [0.29, 0.717) is 19.2 Å². The number of nitrogens with zero attached hydrogens (tertiary/aromatic N) is 3. The molecule has 3 aromatic rings. The van der Waals surface area contributed by atoms with E-state index in [2.05, 4.69) is 4.98 Å². The smallest absolute Gasteiger partial charge is 0.341 e. The maximum absolute atomic E-state index is 14.8. The van der Waals surface area contributed by atoms with Crippen molar-refractivity contribution in [1.29, 1.82) is 0 Å². The van der Waals surface area contributed by atoms with Gasteiger partial charge in [-0.1, -0.05) is 0 Å². The number of piperidine rings is 1. The topological polar surface area (TPSA) is 101 Å². The van der Waals surface area contributed by atoms with Gasteiger partial charge < -0.3 is 15.7 Å². The third kappa shape index (κ3) is 2.67. The highest BCUT2D eigenvalue weighted by Crippen LogP contribution is 2.45. The van der Waals surface area contributed by atoms with E-state index in [0.717, 1.165) is 29.0 Å². The number of fused-ring (bicyclic) bond motifs is 2. The van der Waals surface area contributed by atoms with Crippen LogP contribution in [0.1, 0.15) is 10.4 Å². The van der Waals surface area contributed by atoms with Gasteiger partial charge in [-0.3, -0.25) is 9.36 Å². The number of aromatic nitrogens is 2. The van der Waals surface area contributed by atoms with Gasteiger partial charge in [0.2, 0.25) is 5.43 Å². The molecule has 1 aromatic carbocycles. The Morgan fingerprint density at radius 3 is 2.47 bits per heavy atom. The Balaban J connectivity index is 1.76. The van der Waals surface area contributed by atoms with Gasteiger partial charge in [0.1, 0.15) is 17.2 Å². The van der Waals surface area contributed by atoms with Crippen LogP contribution < -0.4 is 16.1 Å². The van der Waals surface area contributed by atoms with E-state index in [-0.39, 0.29) is 40.4 Å². The Morgan fingerprint density at radius 1 is 1.13 bits per heavy atom. The summed E-state index contributed by atoms with van der Waals surface area (Å²) in [4.78, 5) is 30.1. The Hall–Kier alpha value is -3.40. The number of hydrogen-bond acceptors (Lipinski definition) is 5. The molecule has 2 aliphatic rings. The van der Waals surface area contributed by atoms with Gasteiger partial charge in [-0.25, -0.2) is 22.9 Å². The lowest BCUT2D eigenvalue weighted by molar-refractivity contribution is 0.0695. The van der Waals surface area contributed by atoms with Crippen LogP contribution >= 0.6 is 0 Å². The zero-order valence-corrected chi connectivity index (χ0v) is 15.3. The number of halogens is 3. The predicted molar refractivity (Wildman–Crippen MR) is 101 cm³/mol. The normalized spacial score (nSPS) is 22.4. The highest BCUT2D eigenvalue weighted by Gasteiger charge is 2.54. The second-order valence-electron chi connectivity index (χ2n) is 7.62. The van der Waals surface area contributed by atoms with Gasteiger partial charge in [0.05, 0.1) is 11.1 Å². The number of aromatic carboxylic acids is 1. The summed E-state index contributed by atoms with van der Waals surface area (Å²) in [5.41, 5.74) is 3.94. The van der Waals surface area contributed by atoms with Crippen molar-refractivity contribution in [2.75, 3.05) is 18.0 Å². The van der Waals surface area contributed by atoms with E-state index >= 15 is 0 Å². The number of nitrogens with two attached hydrogens (primary N) is 1. The third-order valence-corrected chi connectivity index (χ3v) is 5.87. The van der Waals surface area contributed by atoms with Gasteiger partial charge in [-0.15, -0.1) is 0 Å². The number of pyridine rings is 2. The fourth-order valence-electron chi connectivity index (χ4n) is 4.19. The molecule has 0 spiro atoms. The van der Waals surface area contributed by atoms with Gasteiger partial charge in [0, 0.05) is 31.4 Å². The van der Waals surface area contributed by atoms with Crippen molar-refractivity contribution in [2.24, 2.45) is 17.6 Å². The molecule has 30 heavy (non-hydrogen) atoms. The van der Waals surface area contributed by atoms with Crippen LogP contribution in [-0.2, 0) is 0 Å². The lowest BCUT2D eigenvalue weighted by Gasteiger charge is -2.22. The molecule has 1 aliphatic carbocycles. The number of anilines is 1. The lowest BCUT2D eigenvalue weighted by Crippen LogP contribution is -2.30. The zero-order valence-electron chi connectivity index (χ0n) is 15.3. The fraction of sp³-hybridized carbons (Fsp3) is 0.250. The maximum Gasteiger partial charge on any atom is 0.341 e. The predicted octanol–water partition coefficient (Wildman–Crippen LogP) is 1.89. The minimum absolute atomic E-state index is 0.0272. The number of carboxylic acid groups (broad SMARTS) is 1. The summed E-state index contributed by atoms with van der Waals surface area (Å²) < 4.78 is 43.7. The standard InChI is InChI=1S/C20H15F3N4O3/c21-8-1-2-15(13(22)3-8)27-7-12(20(29)30)17(28)9-4-14(23)19(25-18(9)27)26-5-10-11(6-26)16(10)24/h1-4,7,10-11,16H,5-6,24H2,(H,29,30)/t10-,11-/m1/s1. The molecule has 7 nitrogen and oxygen atoms in total. The Bertz CT molecular complexity index is 1280. The van der Waals surface area contributed by atoms with E-state index in [1.54, 1.807) is 4.90 Å². The van der Waals surface area contributed by atoms with Gasteiger partial charge in [0.25, 0.3) is 0 Å². The number of rotatable bonds is 3. The largest absolute Gasteiger partial charge is 0.477 e. The van der Waals surface area contributed by atoms with Crippen molar-refractivity contribution < 1.29 is 23.1 Å². The number of carbonyl (C=O) groups is 1. The van der Waals surface area contributed by atoms with Gasteiger partial charge >= 0.3 is 5.97 Å². The molecule has 0 unspecified atom stereocenters. The van der Waals surface area contributed by atoms with Crippen LogP contribution in [0.3, 0.4) is 0 Å². The minimum atomic E-state index is -1.56. The maximum atomic E-state index is 14.8. The van der Waals surface area contributed by atoms with Crippen molar-refractivity contribution in [1.82, 2.24) is 9.55 Å². The number of carboxylic acids is 1. The molecular formula is C20H15F3N4O3. The van der Waals surface area contributed by atoms with E-state index < -0.39 is 34.4 Å². The summed E-state index contributed by atoms with van der Waals surface area (Å²) in [5, 5.41) is 9.05. The molecule has 1 aliphatic heterocycles. The molecule has 2 aromatic heterocycles. The molecule has 2 atom stereocenters. The van der Waals surface area contributed by atoms with Crippen LogP contribution in [0.5, 0.6) is 0 Å². The lowest BCUT2D eigenvalue weighted by atomic mass is 10.1. The van der Waals surface area contributed by atoms with Crippen molar-refractivity contribution >= 4 is 22.8 Å². The van der Waals surface area contributed by atoms with Crippen molar-refractivity contribution in [3.05, 3.63) is 63.7 Å². The van der Waals surface area contributed by atoms with Crippen LogP contribution in [0, 0.1) is 29.3 Å². The van der Waals surface area contributed by atoms with Crippen molar-refractivity contribution in [3.8, 4) is 5.69 Å². The fourth-order valence-corrected chi connectivity index (χ4v) is 4.19. The molecule has 5 rings (SSSR count). The first kappa shape index (κ1) is 18.6. The summed E-state index contributed by atoms with van der Waals surface area (Å²) in [7, 11) is 0. The molecule has 154 valence electrons. The minimum Gasteiger partial charge on any atom is -0.477 e. The quantitative estimate of drug-likeness (QED) is 0.676. The number of hydrogen-bond donors (Lipinski definition) is 2. The molecule has 0 bridgehead atoms. The Labute approximate surface area is 167 Å². The molecule has 3 N–H and O–H groups in total. The highest BCUT2D eigenvalue weighted by molar-refractivity contribution is 5.92. The van der Waals surface area contributed by atoms with Gasteiger partial charge in [-0.2, -0.15) is 0 Å². The molecule has 1 saturated heterocycles. The Morgan fingerprint density at radius 2 is 1.83 bits per heavy atom. The van der Waals surface area contributed by atoms with E-state index in [1.165, 1.54) is 0 Å². The molecular weight excluding hydrogens is 401 g/mol. The van der Waals surface area contributed by atoms with Crippen molar-refractivity contribution in [2.45, 2.75) is 6.04 Å². The zero-order chi connectivity index (χ0) is 21.3. The summed E-state index contributed by atoms with van der Waals surface area (Å²) in [6.07, 6.45) is 0.912. The first-order chi connectivity index (χ1) is 14.3. The molecule has 0 amide bonds. The molecule has 2 fully saturated rings. The van der Waals surface area contributed by atoms with Gasteiger partial charge in [-0.05, 0) is 30.0 Å². The van der Waals surface area contributed by atoms with E-state index in [1.807, 2.05) is 0 Å².